The summed E-state index contributed by atoms with van der Waals surface area (Å²) in [5, 5.41) is 5.63. The maximum atomic E-state index is 12.1. The van der Waals surface area contributed by atoms with Crippen LogP contribution in [0.2, 0.25) is 0 Å². The van der Waals surface area contributed by atoms with E-state index in [4.69, 9.17) is 4.74 Å². The van der Waals surface area contributed by atoms with Crippen molar-refractivity contribution >= 4 is 18.5 Å². The standard InChI is InChI=1S/C22H43N3O5/c1-5-6-7-9-12-15-29-16-13-10-8-11-14-23-22(28)24-20(18-25(2,3)4)17-21(27)30-19-26/h19-20H,5-18H2,1-4H3,(H-,23,24,28)/p+1/t20-/m1/s1. The summed E-state index contributed by atoms with van der Waals surface area (Å²) in [5.74, 6) is -0.646. The number of carbonyl (C=O) groups is 3. The second-order valence-corrected chi connectivity index (χ2v) is 8.80. The third-order valence-corrected chi connectivity index (χ3v) is 4.59. The second-order valence-electron chi connectivity index (χ2n) is 8.80. The lowest BCUT2D eigenvalue weighted by molar-refractivity contribution is -0.871. The van der Waals surface area contributed by atoms with E-state index in [0.717, 1.165) is 45.3 Å². The van der Waals surface area contributed by atoms with Gasteiger partial charge in [0.15, 0.2) is 0 Å². The molecule has 2 N–H and O–H groups in total. The first-order valence-electron chi connectivity index (χ1n) is 11.3. The Morgan fingerprint density at radius 1 is 0.933 bits per heavy atom. The molecule has 2 amide bonds. The van der Waals surface area contributed by atoms with Crippen LogP contribution in [-0.4, -0.2) is 76.4 Å². The third-order valence-electron chi connectivity index (χ3n) is 4.59. The fourth-order valence-electron chi connectivity index (χ4n) is 3.16. The fourth-order valence-corrected chi connectivity index (χ4v) is 3.16. The highest BCUT2D eigenvalue weighted by atomic mass is 16.6. The van der Waals surface area contributed by atoms with Crippen LogP contribution in [0.4, 0.5) is 4.79 Å². The molecule has 0 aromatic carbocycles. The van der Waals surface area contributed by atoms with Crippen molar-refractivity contribution in [1.29, 1.82) is 0 Å². The van der Waals surface area contributed by atoms with Crippen LogP contribution in [0, 0.1) is 0 Å². The molecule has 0 aromatic rings. The SMILES string of the molecule is CCCCCCCOCCCCCCNC(=O)N[C@H](CC(=O)OC=O)C[N+](C)(C)C. The van der Waals surface area contributed by atoms with Gasteiger partial charge in [-0.3, -0.25) is 9.59 Å². The Hall–Kier alpha value is -1.67. The number of urea groups is 1. The smallest absolute Gasteiger partial charge is 0.315 e. The molecule has 0 fully saturated rings. The summed E-state index contributed by atoms with van der Waals surface area (Å²) in [6.07, 6.45) is 10.3. The number of nitrogens with one attached hydrogen (secondary N) is 2. The molecular formula is C22H44N3O5+. The second kappa shape index (κ2) is 18.1. The number of nitrogens with zero attached hydrogens (tertiary/aromatic N) is 1. The highest BCUT2D eigenvalue weighted by Gasteiger charge is 2.23. The van der Waals surface area contributed by atoms with Gasteiger partial charge < -0.3 is 24.6 Å². The Bertz CT molecular complexity index is 466. The third kappa shape index (κ3) is 19.6. The number of likely N-dealkylation sites (N-methyl/N-ethyl adjacent to an activating group) is 1. The van der Waals surface area contributed by atoms with Crippen LogP contribution in [0.3, 0.4) is 0 Å². The molecule has 1 atom stereocenters. The van der Waals surface area contributed by atoms with Crippen molar-refractivity contribution in [2.45, 2.75) is 77.2 Å². The molecule has 176 valence electrons. The van der Waals surface area contributed by atoms with Crippen LogP contribution in [0.15, 0.2) is 0 Å². The van der Waals surface area contributed by atoms with E-state index in [1.165, 1.54) is 25.7 Å². The Kier molecular flexibility index (Phi) is 17.1. The van der Waals surface area contributed by atoms with Gasteiger partial charge in [-0.25, -0.2) is 4.79 Å². The van der Waals surface area contributed by atoms with Crippen molar-refractivity contribution in [3.05, 3.63) is 0 Å². The molecule has 0 bridgehead atoms. The molecule has 0 aromatic heterocycles. The Labute approximate surface area is 182 Å². The summed E-state index contributed by atoms with van der Waals surface area (Å²) in [5.41, 5.74) is 0. The maximum Gasteiger partial charge on any atom is 0.315 e. The van der Waals surface area contributed by atoms with Gasteiger partial charge in [0.25, 0.3) is 0 Å². The number of unbranched alkanes of at least 4 members (excludes halogenated alkanes) is 7. The number of esters is 1. The van der Waals surface area contributed by atoms with Crippen LogP contribution in [0.5, 0.6) is 0 Å². The van der Waals surface area contributed by atoms with Crippen LogP contribution in [-0.2, 0) is 19.1 Å². The summed E-state index contributed by atoms with van der Waals surface area (Å²) in [6, 6.07) is -0.713. The predicted octanol–water partition coefficient (Wildman–Crippen LogP) is 3.00. The Morgan fingerprint density at radius 2 is 1.53 bits per heavy atom. The van der Waals surface area contributed by atoms with Gasteiger partial charge in [-0.05, 0) is 19.3 Å². The molecule has 0 aliphatic heterocycles. The molecule has 0 radical (unpaired) electrons. The van der Waals surface area contributed by atoms with Crippen LogP contribution >= 0.6 is 0 Å². The summed E-state index contributed by atoms with van der Waals surface area (Å²) < 4.78 is 10.6. The topological polar surface area (TPSA) is 93.7 Å². The maximum absolute atomic E-state index is 12.1. The van der Waals surface area contributed by atoms with Crippen LogP contribution in [0.25, 0.3) is 0 Å². The van der Waals surface area contributed by atoms with E-state index >= 15 is 0 Å². The Balaban J connectivity index is 3.79. The Morgan fingerprint density at radius 3 is 2.10 bits per heavy atom. The molecule has 0 spiro atoms. The number of hydrogen-bond donors (Lipinski definition) is 2. The molecule has 0 saturated carbocycles. The zero-order valence-electron chi connectivity index (χ0n) is 19.5. The van der Waals surface area contributed by atoms with Crippen LogP contribution in [0.1, 0.15) is 71.1 Å². The largest absolute Gasteiger partial charge is 0.395 e. The molecule has 0 aliphatic carbocycles. The van der Waals surface area contributed by atoms with E-state index in [1.807, 2.05) is 21.1 Å². The number of quaternary nitrogens is 1. The molecule has 8 heteroatoms. The lowest BCUT2D eigenvalue weighted by atomic mass is 10.2. The first kappa shape index (κ1) is 28.3. The highest BCUT2D eigenvalue weighted by molar-refractivity contribution is 5.79. The van der Waals surface area contributed by atoms with Gasteiger partial charge in [-0.1, -0.05) is 45.4 Å². The first-order chi connectivity index (χ1) is 14.3. The quantitative estimate of drug-likeness (QED) is 0.108. The highest BCUT2D eigenvalue weighted by Crippen LogP contribution is 2.04. The number of ether oxygens (including phenoxy) is 2. The van der Waals surface area contributed by atoms with Crippen LogP contribution < -0.4 is 10.6 Å². The van der Waals surface area contributed by atoms with Gasteiger partial charge in [0.1, 0.15) is 0 Å². The van der Waals surface area contributed by atoms with E-state index in [0.29, 0.717) is 17.6 Å². The number of rotatable bonds is 19. The van der Waals surface area contributed by atoms with Gasteiger partial charge in [0.05, 0.1) is 40.2 Å². The van der Waals surface area contributed by atoms with Crippen molar-refractivity contribution in [2.24, 2.45) is 0 Å². The van der Waals surface area contributed by atoms with E-state index in [1.54, 1.807) is 0 Å². The van der Waals surface area contributed by atoms with Crippen molar-refractivity contribution in [1.82, 2.24) is 10.6 Å². The zero-order chi connectivity index (χ0) is 22.7. The van der Waals surface area contributed by atoms with Crippen molar-refractivity contribution < 1.29 is 28.3 Å². The van der Waals surface area contributed by atoms with Crippen molar-refractivity contribution in [3.63, 3.8) is 0 Å². The average molecular weight is 431 g/mol. The normalized spacial score (nSPS) is 12.3. The monoisotopic (exact) mass is 430 g/mol. The minimum absolute atomic E-state index is 0.0414. The minimum atomic E-state index is -0.646. The lowest BCUT2D eigenvalue weighted by Gasteiger charge is -2.29. The van der Waals surface area contributed by atoms with Crippen molar-refractivity contribution in [2.75, 3.05) is 47.4 Å². The van der Waals surface area contributed by atoms with E-state index in [-0.39, 0.29) is 18.9 Å². The van der Waals surface area contributed by atoms with Gasteiger partial charge in [0, 0.05) is 19.8 Å². The van der Waals surface area contributed by atoms with Gasteiger partial charge >= 0.3 is 18.5 Å². The lowest BCUT2D eigenvalue weighted by Crippen LogP contribution is -2.52. The van der Waals surface area contributed by atoms with E-state index in [9.17, 15) is 14.4 Å². The van der Waals surface area contributed by atoms with Gasteiger partial charge in [-0.15, -0.1) is 0 Å². The summed E-state index contributed by atoms with van der Waals surface area (Å²) in [6.45, 7) is 5.13. The molecule has 0 rings (SSSR count). The average Bonchev–Trinajstić information content (AvgIpc) is 2.64. The first-order valence-corrected chi connectivity index (χ1v) is 11.3. The summed E-state index contributed by atoms with van der Waals surface area (Å²) in [4.78, 5) is 34.0. The molecule has 30 heavy (non-hydrogen) atoms. The number of amides is 2. The summed E-state index contributed by atoms with van der Waals surface area (Å²) in [7, 11) is 5.90. The van der Waals surface area contributed by atoms with Gasteiger partial charge in [-0.2, -0.15) is 0 Å². The predicted molar refractivity (Wildman–Crippen MR) is 118 cm³/mol. The van der Waals surface area contributed by atoms with Gasteiger partial charge in [0.2, 0.25) is 0 Å². The number of hydrogen-bond acceptors (Lipinski definition) is 5. The van der Waals surface area contributed by atoms with E-state index in [2.05, 4.69) is 22.3 Å². The van der Waals surface area contributed by atoms with Crippen molar-refractivity contribution in [3.8, 4) is 0 Å². The molecule has 8 nitrogen and oxygen atoms in total. The molecular weight excluding hydrogens is 386 g/mol. The summed E-state index contributed by atoms with van der Waals surface area (Å²) >= 11 is 0. The molecule has 0 heterocycles. The van der Waals surface area contributed by atoms with E-state index < -0.39 is 12.0 Å². The minimum Gasteiger partial charge on any atom is -0.395 e. The zero-order valence-corrected chi connectivity index (χ0v) is 19.5. The molecule has 0 saturated heterocycles. The molecule has 0 aliphatic rings. The fraction of sp³-hybridized carbons (Fsp3) is 0.864. The number of carbonyl (C=O) groups excluding carboxylic acids is 3. The molecule has 0 unspecified atom stereocenters.